The molecule has 21 heavy (non-hydrogen) atoms. The standard InChI is InChI=1S/C14H14N2O4S/c1-10-12(7-5-9-15-10)16-21(18,19)13-8-4-3-6-11(13)14(17)20-2/h3-9,16H,1-2H3. The summed E-state index contributed by atoms with van der Waals surface area (Å²) in [4.78, 5) is 15.5. The molecule has 0 unspecified atom stereocenters. The van der Waals surface area contributed by atoms with Crippen molar-refractivity contribution in [3.63, 3.8) is 0 Å². The Labute approximate surface area is 122 Å². The summed E-state index contributed by atoms with van der Waals surface area (Å²) in [5.41, 5.74) is 0.878. The number of methoxy groups -OCH3 is 1. The van der Waals surface area contributed by atoms with Crippen LogP contribution in [0.5, 0.6) is 0 Å². The van der Waals surface area contributed by atoms with Crippen LogP contribution in [0.3, 0.4) is 0 Å². The number of pyridine rings is 1. The number of nitrogens with zero attached hydrogens (tertiary/aromatic N) is 1. The zero-order valence-corrected chi connectivity index (χ0v) is 12.3. The van der Waals surface area contributed by atoms with Crippen LogP contribution in [0.25, 0.3) is 0 Å². The van der Waals surface area contributed by atoms with Gasteiger partial charge >= 0.3 is 5.97 Å². The Kier molecular flexibility index (Phi) is 4.23. The Morgan fingerprint density at radius 3 is 2.57 bits per heavy atom. The monoisotopic (exact) mass is 306 g/mol. The third kappa shape index (κ3) is 3.19. The van der Waals surface area contributed by atoms with Crippen LogP contribution in [0.4, 0.5) is 5.69 Å². The summed E-state index contributed by atoms with van der Waals surface area (Å²) >= 11 is 0. The molecule has 6 nitrogen and oxygen atoms in total. The molecule has 1 N–H and O–H groups in total. The highest BCUT2D eigenvalue weighted by Crippen LogP contribution is 2.21. The zero-order valence-electron chi connectivity index (χ0n) is 11.5. The number of sulfonamides is 1. The number of aromatic nitrogens is 1. The number of ether oxygens (including phenoxy) is 1. The van der Waals surface area contributed by atoms with Crippen LogP contribution in [0.15, 0.2) is 47.5 Å². The van der Waals surface area contributed by atoms with Crippen molar-refractivity contribution in [1.82, 2.24) is 4.98 Å². The molecule has 0 radical (unpaired) electrons. The van der Waals surface area contributed by atoms with Crippen molar-refractivity contribution < 1.29 is 17.9 Å². The van der Waals surface area contributed by atoms with Crippen LogP contribution in [0, 0.1) is 6.92 Å². The van der Waals surface area contributed by atoms with E-state index in [1.165, 1.54) is 25.3 Å². The smallest absolute Gasteiger partial charge is 0.339 e. The predicted molar refractivity (Wildman–Crippen MR) is 77.6 cm³/mol. The van der Waals surface area contributed by atoms with Crippen LogP contribution in [-0.4, -0.2) is 26.5 Å². The summed E-state index contributed by atoms with van der Waals surface area (Å²) in [6, 6.07) is 9.08. The van der Waals surface area contributed by atoms with Crippen molar-refractivity contribution >= 4 is 21.7 Å². The van der Waals surface area contributed by atoms with Crippen LogP contribution >= 0.6 is 0 Å². The second-order valence-corrected chi connectivity index (χ2v) is 5.88. The first-order chi connectivity index (χ1) is 9.95. The number of hydrogen-bond acceptors (Lipinski definition) is 5. The highest BCUT2D eigenvalue weighted by molar-refractivity contribution is 7.92. The number of aryl methyl sites for hydroxylation is 1. The molecule has 2 rings (SSSR count). The number of rotatable bonds is 4. The van der Waals surface area contributed by atoms with Crippen LogP contribution in [-0.2, 0) is 14.8 Å². The minimum Gasteiger partial charge on any atom is -0.465 e. The van der Waals surface area contributed by atoms with Crippen molar-refractivity contribution in [3.05, 3.63) is 53.9 Å². The lowest BCUT2D eigenvalue weighted by atomic mass is 10.2. The lowest BCUT2D eigenvalue weighted by Gasteiger charge is -2.12. The van der Waals surface area contributed by atoms with E-state index in [1.807, 2.05) is 0 Å². The normalized spacial score (nSPS) is 11.0. The highest BCUT2D eigenvalue weighted by Gasteiger charge is 2.23. The summed E-state index contributed by atoms with van der Waals surface area (Å²) in [6.45, 7) is 1.68. The lowest BCUT2D eigenvalue weighted by Crippen LogP contribution is -2.18. The largest absolute Gasteiger partial charge is 0.465 e. The topological polar surface area (TPSA) is 85.4 Å². The number of carbonyl (C=O) groups excluding carboxylic acids is 1. The van der Waals surface area contributed by atoms with Crippen LogP contribution in [0.2, 0.25) is 0 Å². The van der Waals surface area contributed by atoms with Gasteiger partial charge in [-0.25, -0.2) is 13.2 Å². The zero-order chi connectivity index (χ0) is 15.5. The van der Waals surface area contributed by atoms with Crippen LogP contribution < -0.4 is 4.72 Å². The molecule has 0 aliphatic heterocycles. The maximum atomic E-state index is 12.4. The van der Waals surface area contributed by atoms with Crippen LogP contribution in [0.1, 0.15) is 16.1 Å². The van der Waals surface area contributed by atoms with Gasteiger partial charge in [-0.1, -0.05) is 12.1 Å². The molecule has 0 saturated carbocycles. The van der Waals surface area contributed by atoms with Gasteiger partial charge in [-0.2, -0.15) is 0 Å². The van der Waals surface area contributed by atoms with E-state index in [-0.39, 0.29) is 10.5 Å². The van der Waals surface area contributed by atoms with E-state index in [4.69, 9.17) is 0 Å². The van der Waals surface area contributed by atoms with Gasteiger partial charge in [-0.05, 0) is 31.2 Å². The third-order valence-corrected chi connectivity index (χ3v) is 4.26. The number of benzene rings is 1. The first-order valence-electron chi connectivity index (χ1n) is 6.07. The maximum absolute atomic E-state index is 12.4. The Bertz CT molecular complexity index is 772. The lowest BCUT2D eigenvalue weighted by molar-refractivity contribution is 0.0596. The molecule has 2 aromatic rings. The minimum atomic E-state index is -3.91. The molecule has 1 heterocycles. The second-order valence-electron chi connectivity index (χ2n) is 4.23. The fourth-order valence-electron chi connectivity index (χ4n) is 1.77. The molecular formula is C14H14N2O4S. The summed E-state index contributed by atoms with van der Waals surface area (Å²) in [5.74, 6) is -0.709. The van der Waals surface area contributed by atoms with Crippen molar-refractivity contribution in [2.45, 2.75) is 11.8 Å². The summed E-state index contributed by atoms with van der Waals surface area (Å²) in [6.07, 6.45) is 1.57. The molecule has 0 saturated heterocycles. The Morgan fingerprint density at radius 1 is 1.19 bits per heavy atom. The second kappa shape index (κ2) is 5.92. The molecule has 0 aliphatic rings. The van der Waals surface area contributed by atoms with Gasteiger partial charge in [0.25, 0.3) is 10.0 Å². The molecule has 0 amide bonds. The highest BCUT2D eigenvalue weighted by atomic mass is 32.2. The van der Waals surface area contributed by atoms with E-state index in [0.717, 1.165) is 0 Å². The Morgan fingerprint density at radius 2 is 1.90 bits per heavy atom. The average molecular weight is 306 g/mol. The molecule has 0 atom stereocenters. The predicted octanol–water partition coefficient (Wildman–Crippen LogP) is 1.98. The average Bonchev–Trinajstić information content (AvgIpc) is 2.48. The first kappa shape index (κ1) is 15.0. The molecule has 0 spiro atoms. The van der Waals surface area contributed by atoms with Gasteiger partial charge in [-0.3, -0.25) is 9.71 Å². The van der Waals surface area contributed by atoms with Gasteiger partial charge in [-0.15, -0.1) is 0 Å². The Balaban J connectivity index is 2.46. The molecule has 1 aromatic heterocycles. The minimum absolute atomic E-state index is 0.0194. The van der Waals surface area contributed by atoms with E-state index >= 15 is 0 Å². The number of anilines is 1. The molecule has 110 valence electrons. The number of esters is 1. The van der Waals surface area contributed by atoms with E-state index < -0.39 is 16.0 Å². The summed E-state index contributed by atoms with van der Waals surface area (Å²) in [5, 5.41) is 0. The Hall–Kier alpha value is -2.41. The molecular weight excluding hydrogens is 292 g/mol. The molecule has 0 fully saturated rings. The van der Waals surface area contributed by atoms with E-state index in [1.54, 1.807) is 31.3 Å². The molecule has 0 bridgehead atoms. The van der Waals surface area contributed by atoms with Gasteiger partial charge in [0.1, 0.15) is 4.90 Å². The third-order valence-electron chi connectivity index (χ3n) is 2.83. The fraction of sp³-hybridized carbons (Fsp3) is 0.143. The van der Waals surface area contributed by atoms with E-state index in [9.17, 15) is 13.2 Å². The molecule has 7 heteroatoms. The van der Waals surface area contributed by atoms with Crippen molar-refractivity contribution in [2.24, 2.45) is 0 Å². The van der Waals surface area contributed by atoms with Gasteiger partial charge in [0, 0.05) is 6.20 Å². The van der Waals surface area contributed by atoms with Crippen molar-refractivity contribution in [1.29, 1.82) is 0 Å². The molecule has 0 aliphatic carbocycles. The maximum Gasteiger partial charge on any atom is 0.339 e. The summed E-state index contributed by atoms with van der Waals surface area (Å²) in [7, 11) is -2.71. The van der Waals surface area contributed by atoms with Gasteiger partial charge in [0.05, 0.1) is 24.1 Å². The van der Waals surface area contributed by atoms with Crippen molar-refractivity contribution in [2.75, 3.05) is 11.8 Å². The van der Waals surface area contributed by atoms with E-state index in [0.29, 0.717) is 11.4 Å². The van der Waals surface area contributed by atoms with Gasteiger partial charge in [0.15, 0.2) is 0 Å². The fourth-order valence-corrected chi connectivity index (χ4v) is 3.09. The number of nitrogens with one attached hydrogen (secondary N) is 1. The number of carbonyl (C=O) groups is 1. The summed E-state index contributed by atoms with van der Waals surface area (Å²) < 4.78 is 31.9. The van der Waals surface area contributed by atoms with E-state index in [2.05, 4.69) is 14.4 Å². The molecule has 1 aromatic carbocycles. The van der Waals surface area contributed by atoms with Crippen molar-refractivity contribution in [3.8, 4) is 0 Å². The number of hydrogen-bond donors (Lipinski definition) is 1. The van der Waals surface area contributed by atoms with Gasteiger partial charge < -0.3 is 4.74 Å². The SMILES string of the molecule is COC(=O)c1ccccc1S(=O)(=O)Nc1cccnc1C. The first-order valence-corrected chi connectivity index (χ1v) is 7.56. The quantitative estimate of drug-likeness (QED) is 0.873. The van der Waals surface area contributed by atoms with Gasteiger partial charge in [0.2, 0.25) is 0 Å².